The maximum Gasteiger partial charge on any atom is 0.471 e. The molecule has 0 aliphatic rings. The number of nitrogens with one attached hydrogen (secondary N) is 1. The van der Waals surface area contributed by atoms with Crippen molar-refractivity contribution < 1.29 is 27.9 Å². The molecule has 1 aromatic rings. The van der Waals surface area contributed by atoms with Gasteiger partial charge in [-0.2, -0.15) is 13.2 Å². The first-order valence-electron chi connectivity index (χ1n) is 4.23. The van der Waals surface area contributed by atoms with Gasteiger partial charge in [0.05, 0.1) is 21.3 Å². The summed E-state index contributed by atoms with van der Waals surface area (Å²) in [5.74, 6) is -3.85. The second-order valence-electron chi connectivity index (χ2n) is 3.07. The molecule has 18 heavy (non-hydrogen) atoms. The van der Waals surface area contributed by atoms with Crippen molar-refractivity contribution in [3.8, 4) is 0 Å². The zero-order valence-corrected chi connectivity index (χ0v) is 9.82. The monoisotopic (exact) mass is 301 g/mol. The summed E-state index contributed by atoms with van der Waals surface area (Å²) in [4.78, 5) is 21.5. The van der Waals surface area contributed by atoms with Crippen molar-refractivity contribution in [1.82, 2.24) is 0 Å². The Kier molecular flexibility index (Phi) is 4.08. The first kappa shape index (κ1) is 14.6. The molecule has 0 radical (unpaired) electrons. The van der Waals surface area contributed by atoms with Crippen molar-refractivity contribution in [2.24, 2.45) is 0 Å². The predicted octanol–water partition coefficient (Wildman–Crippen LogP) is 3.19. The van der Waals surface area contributed by atoms with Crippen LogP contribution in [0.5, 0.6) is 0 Å². The maximum atomic E-state index is 12.0. The Morgan fingerprint density at radius 3 is 2.11 bits per heavy atom. The fourth-order valence-electron chi connectivity index (χ4n) is 1.02. The van der Waals surface area contributed by atoms with Crippen LogP contribution < -0.4 is 5.32 Å². The number of alkyl halides is 3. The topological polar surface area (TPSA) is 66.4 Å². The summed E-state index contributed by atoms with van der Waals surface area (Å²) >= 11 is 11.1. The van der Waals surface area contributed by atoms with Crippen molar-refractivity contribution >= 4 is 40.8 Å². The van der Waals surface area contributed by atoms with Crippen LogP contribution in [0.15, 0.2) is 12.1 Å². The smallest absolute Gasteiger partial charge is 0.471 e. The van der Waals surface area contributed by atoms with E-state index in [1.165, 1.54) is 5.32 Å². The van der Waals surface area contributed by atoms with Gasteiger partial charge in [-0.25, -0.2) is 4.79 Å². The molecule has 0 heterocycles. The lowest BCUT2D eigenvalue weighted by Crippen LogP contribution is -2.30. The van der Waals surface area contributed by atoms with Gasteiger partial charge in [0, 0.05) is 0 Å². The number of benzene rings is 1. The molecule has 0 aliphatic carbocycles. The molecule has 4 nitrogen and oxygen atoms in total. The summed E-state index contributed by atoms with van der Waals surface area (Å²) in [5.41, 5.74) is -1.18. The highest BCUT2D eigenvalue weighted by Gasteiger charge is 2.39. The lowest BCUT2D eigenvalue weighted by atomic mass is 10.1. The van der Waals surface area contributed by atoms with Crippen LogP contribution in [-0.2, 0) is 4.79 Å². The van der Waals surface area contributed by atoms with Gasteiger partial charge in [-0.1, -0.05) is 23.2 Å². The number of carboxylic acid groups (broad SMARTS) is 1. The highest BCUT2D eigenvalue weighted by Crippen LogP contribution is 2.30. The number of amides is 1. The van der Waals surface area contributed by atoms with Crippen molar-refractivity contribution in [1.29, 1.82) is 0 Å². The van der Waals surface area contributed by atoms with Crippen LogP contribution in [0, 0.1) is 0 Å². The van der Waals surface area contributed by atoms with E-state index < -0.39 is 29.3 Å². The maximum absolute atomic E-state index is 12.0. The molecule has 0 saturated heterocycles. The first-order valence-corrected chi connectivity index (χ1v) is 4.99. The number of hydrogen-bond donors (Lipinski definition) is 2. The van der Waals surface area contributed by atoms with E-state index in [-0.39, 0.29) is 10.0 Å². The Bertz CT molecular complexity index is 517. The minimum absolute atomic E-state index is 0.154. The summed E-state index contributed by atoms with van der Waals surface area (Å²) in [5, 5.41) is 9.84. The number of carbonyl (C=O) groups excluding carboxylic acids is 1. The third-order valence-electron chi connectivity index (χ3n) is 1.80. The quantitative estimate of drug-likeness (QED) is 0.881. The number of halogens is 5. The average molecular weight is 302 g/mol. The Morgan fingerprint density at radius 2 is 1.67 bits per heavy atom. The largest absolute Gasteiger partial charge is 0.478 e. The minimum atomic E-state index is -5.14. The molecule has 0 fully saturated rings. The first-order chi connectivity index (χ1) is 8.12. The Labute approximate surface area is 108 Å². The van der Waals surface area contributed by atoms with Gasteiger partial charge in [-0.05, 0) is 12.1 Å². The predicted molar refractivity (Wildman–Crippen MR) is 58.1 cm³/mol. The molecule has 1 rings (SSSR count). The Morgan fingerprint density at radius 1 is 1.17 bits per heavy atom. The van der Waals surface area contributed by atoms with Crippen LogP contribution >= 0.6 is 23.2 Å². The van der Waals surface area contributed by atoms with Crippen molar-refractivity contribution in [3.05, 3.63) is 27.7 Å². The number of anilines is 1. The lowest BCUT2D eigenvalue weighted by molar-refractivity contribution is -0.167. The SMILES string of the molecule is O=C(O)c1cc(Cl)c(Cl)cc1NC(=O)C(F)(F)F. The number of hydrogen-bond acceptors (Lipinski definition) is 2. The molecule has 0 atom stereocenters. The van der Waals surface area contributed by atoms with Gasteiger partial charge in [0.2, 0.25) is 0 Å². The fourth-order valence-corrected chi connectivity index (χ4v) is 1.35. The van der Waals surface area contributed by atoms with Crippen LogP contribution in [0.25, 0.3) is 0 Å². The van der Waals surface area contributed by atoms with E-state index >= 15 is 0 Å². The van der Waals surface area contributed by atoms with Gasteiger partial charge < -0.3 is 10.4 Å². The summed E-state index contributed by atoms with van der Waals surface area (Å²) < 4.78 is 36.1. The highest BCUT2D eigenvalue weighted by atomic mass is 35.5. The minimum Gasteiger partial charge on any atom is -0.478 e. The van der Waals surface area contributed by atoms with Crippen molar-refractivity contribution in [3.63, 3.8) is 0 Å². The van der Waals surface area contributed by atoms with Crippen molar-refractivity contribution in [2.75, 3.05) is 5.32 Å². The lowest BCUT2D eigenvalue weighted by Gasteiger charge is -2.11. The third-order valence-corrected chi connectivity index (χ3v) is 2.52. The van der Waals surface area contributed by atoms with Gasteiger partial charge in [0.15, 0.2) is 0 Å². The van der Waals surface area contributed by atoms with E-state index in [0.717, 1.165) is 12.1 Å². The van der Waals surface area contributed by atoms with E-state index in [9.17, 15) is 22.8 Å². The summed E-state index contributed by atoms with van der Waals surface area (Å²) in [6.45, 7) is 0. The fraction of sp³-hybridized carbons (Fsp3) is 0.111. The zero-order valence-electron chi connectivity index (χ0n) is 8.31. The molecule has 0 saturated carbocycles. The van der Waals surface area contributed by atoms with Crippen LogP contribution in [0.3, 0.4) is 0 Å². The van der Waals surface area contributed by atoms with Gasteiger partial charge in [-0.3, -0.25) is 4.79 Å². The molecule has 98 valence electrons. The molecular formula is C9H4Cl2F3NO3. The van der Waals surface area contributed by atoms with E-state index in [2.05, 4.69) is 0 Å². The second-order valence-corrected chi connectivity index (χ2v) is 3.88. The Hall–Kier alpha value is -1.47. The van der Waals surface area contributed by atoms with E-state index in [4.69, 9.17) is 28.3 Å². The molecule has 1 amide bonds. The summed E-state index contributed by atoms with van der Waals surface area (Å²) in [7, 11) is 0. The molecule has 0 spiro atoms. The van der Waals surface area contributed by atoms with Crippen LogP contribution in [0.1, 0.15) is 10.4 Å². The summed E-state index contributed by atoms with van der Waals surface area (Å²) in [6, 6.07) is 1.68. The molecule has 2 N–H and O–H groups in total. The molecule has 1 aromatic carbocycles. The van der Waals surface area contributed by atoms with E-state index in [1.54, 1.807) is 0 Å². The highest BCUT2D eigenvalue weighted by molar-refractivity contribution is 6.42. The summed E-state index contributed by atoms with van der Waals surface area (Å²) in [6.07, 6.45) is -5.14. The van der Waals surface area contributed by atoms with E-state index in [0.29, 0.717) is 0 Å². The molecule has 0 aromatic heterocycles. The van der Waals surface area contributed by atoms with Crippen LogP contribution in [0.2, 0.25) is 10.0 Å². The van der Waals surface area contributed by atoms with Gasteiger partial charge in [0.1, 0.15) is 0 Å². The second kappa shape index (κ2) is 5.03. The number of carboxylic acids is 1. The van der Waals surface area contributed by atoms with Gasteiger partial charge in [-0.15, -0.1) is 0 Å². The zero-order chi connectivity index (χ0) is 14.1. The molecular weight excluding hydrogens is 298 g/mol. The van der Waals surface area contributed by atoms with Crippen LogP contribution in [0.4, 0.5) is 18.9 Å². The van der Waals surface area contributed by atoms with Gasteiger partial charge in [0.25, 0.3) is 0 Å². The average Bonchev–Trinajstić information content (AvgIpc) is 2.21. The number of aromatic carboxylic acids is 1. The Balaban J connectivity index is 3.20. The molecule has 0 bridgehead atoms. The molecule has 0 unspecified atom stereocenters. The standard InChI is InChI=1S/C9H4Cl2F3NO3/c10-4-1-3(7(16)17)6(2-5(4)11)15-8(18)9(12,13)14/h1-2H,(H,15,18)(H,16,17). The van der Waals surface area contributed by atoms with Gasteiger partial charge >= 0.3 is 18.1 Å². The van der Waals surface area contributed by atoms with Crippen LogP contribution in [-0.4, -0.2) is 23.2 Å². The normalized spacial score (nSPS) is 11.2. The molecule has 9 heteroatoms. The third kappa shape index (κ3) is 3.27. The van der Waals surface area contributed by atoms with Crippen molar-refractivity contribution in [2.45, 2.75) is 6.18 Å². The molecule has 0 aliphatic heterocycles. The number of rotatable bonds is 2. The van der Waals surface area contributed by atoms with E-state index in [1.807, 2.05) is 0 Å². The number of carbonyl (C=O) groups is 2.